The fourth-order valence-electron chi connectivity index (χ4n) is 3.86. The van der Waals surface area contributed by atoms with Crippen molar-refractivity contribution in [3.63, 3.8) is 0 Å². The monoisotopic (exact) mass is 465 g/mol. The molecule has 6 heteroatoms. The van der Waals surface area contributed by atoms with Crippen molar-refractivity contribution in [3.8, 4) is 33.9 Å². The third-order valence-electron chi connectivity index (χ3n) is 5.34. The van der Waals surface area contributed by atoms with E-state index in [1.54, 1.807) is 0 Å². The number of fused-ring (bicyclic) bond motifs is 3. The molecule has 6 aromatic rings. The zero-order valence-corrected chi connectivity index (χ0v) is 17.9. The van der Waals surface area contributed by atoms with E-state index in [0.29, 0.717) is 5.78 Å². The Labute approximate surface area is 186 Å². The number of hydrogen-bond donors (Lipinski definition) is 0. The Morgan fingerprint density at radius 3 is 2.03 bits per heavy atom. The van der Waals surface area contributed by atoms with Gasteiger partial charge < -0.3 is 0 Å². The molecule has 0 saturated carbocycles. The van der Waals surface area contributed by atoms with Crippen molar-refractivity contribution >= 4 is 27.2 Å². The lowest BCUT2D eigenvalue weighted by Crippen LogP contribution is -2.01. The maximum atomic E-state index is 4.85. The van der Waals surface area contributed by atoms with E-state index >= 15 is 0 Å². The second kappa shape index (κ2) is 7.18. The van der Waals surface area contributed by atoms with Crippen LogP contribution in [0.5, 0.6) is 0 Å². The number of halogens is 1. The van der Waals surface area contributed by atoms with Crippen LogP contribution in [-0.2, 0) is 0 Å². The molecule has 0 fully saturated rings. The van der Waals surface area contributed by atoms with E-state index in [-0.39, 0.29) is 0 Å². The molecule has 0 radical (unpaired) electrons. The van der Waals surface area contributed by atoms with Crippen molar-refractivity contribution < 1.29 is 0 Å². The van der Waals surface area contributed by atoms with E-state index < -0.39 is 0 Å². The minimum atomic E-state index is 0.677. The molecule has 31 heavy (non-hydrogen) atoms. The molecule has 0 amide bonds. The molecule has 0 aliphatic carbocycles. The lowest BCUT2D eigenvalue weighted by Gasteiger charge is -2.10. The third kappa shape index (κ3) is 3.04. The molecule has 6 rings (SSSR count). The summed E-state index contributed by atoms with van der Waals surface area (Å²) < 4.78 is 4.98. The average Bonchev–Trinajstić information content (AvgIpc) is 3.45. The van der Waals surface area contributed by atoms with Gasteiger partial charge in [0.2, 0.25) is 0 Å². The summed E-state index contributed by atoms with van der Waals surface area (Å²) >= 11 is 3.53. The summed E-state index contributed by atoms with van der Waals surface area (Å²) in [4.78, 5) is 0. The SMILES string of the molecule is Brc1ccc(-c2cc3cc(-c4ccccc4)nn3c3nnc(-c4ccccc4)n23)cc1. The van der Waals surface area contributed by atoms with Crippen molar-refractivity contribution in [2.75, 3.05) is 0 Å². The van der Waals surface area contributed by atoms with Gasteiger partial charge in [0.05, 0.1) is 16.9 Å². The number of benzene rings is 3. The molecular weight excluding hydrogens is 450 g/mol. The molecule has 5 nitrogen and oxygen atoms in total. The molecular formula is C25H16BrN5. The van der Waals surface area contributed by atoms with Gasteiger partial charge in [-0.25, -0.2) is 0 Å². The third-order valence-corrected chi connectivity index (χ3v) is 5.87. The van der Waals surface area contributed by atoms with Crippen LogP contribution in [0.1, 0.15) is 0 Å². The van der Waals surface area contributed by atoms with Crippen LogP contribution in [0.3, 0.4) is 0 Å². The van der Waals surface area contributed by atoms with Crippen LogP contribution in [0.15, 0.2) is 102 Å². The van der Waals surface area contributed by atoms with E-state index in [2.05, 4.69) is 66.9 Å². The van der Waals surface area contributed by atoms with E-state index in [4.69, 9.17) is 5.10 Å². The first-order chi connectivity index (χ1) is 15.3. The zero-order valence-electron chi connectivity index (χ0n) is 16.4. The topological polar surface area (TPSA) is 47.5 Å². The Hall–Kier alpha value is -3.77. The van der Waals surface area contributed by atoms with Gasteiger partial charge in [-0.15, -0.1) is 10.2 Å². The highest BCUT2D eigenvalue weighted by molar-refractivity contribution is 9.10. The standard InChI is InChI=1S/C25H16BrN5/c26-20-13-11-18(12-14-20)23-16-21-15-22(17-7-3-1-4-8-17)29-31(21)25-28-27-24(30(23)25)19-9-5-2-6-10-19/h1-16H. The van der Waals surface area contributed by atoms with E-state index in [9.17, 15) is 0 Å². The first-order valence-corrected chi connectivity index (χ1v) is 10.7. The minimum absolute atomic E-state index is 0.677. The lowest BCUT2D eigenvalue weighted by molar-refractivity contribution is 0.935. The van der Waals surface area contributed by atoms with Crippen LogP contribution >= 0.6 is 15.9 Å². The number of nitrogens with zero attached hydrogens (tertiary/aromatic N) is 5. The zero-order chi connectivity index (χ0) is 20.8. The lowest BCUT2D eigenvalue weighted by atomic mass is 10.1. The highest BCUT2D eigenvalue weighted by atomic mass is 79.9. The van der Waals surface area contributed by atoms with Crippen molar-refractivity contribution in [3.05, 3.63) is 102 Å². The predicted octanol–water partition coefficient (Wildman–Crippen LogP) is 6.14. The van der Waals surface area contributed by atoms with E-state index in [1.807, 2.05) is 65.2 Å². The first kappa shape index (κ1) is 18.0. The van der Waals surface area contributed by atoms with Gasteiger partial charge in [0.1, 0.15) is 0 Å². The van der Waals surface area contributed by atoms with Crippen LogP contribution in [-0.4, -0.2) is 24.2 Å². The summed E-state index contributed by atoms with van der Waals surface area (Å²) in [6.07, 6.45) is 0. The average molecular weight is 466 g/mol. The molecule has 0 N–H and O–H groups in total. The Balaban J connectivity index is 1.68. The van der Waals surface area contributed by atoms with Crippen molar-refractivity contribution in [2.24, 2.45) is 0 Å². The molecule has 0 spiro atoms. The molecule has 0 unspecified atom stereocenters. The maximum Gasteiger partial charge on any atom is 0.257 e. The molecule has 0 saturated heterocycles. The summed E-state index contributed by atoms with van der Waals surface area (Å²) in [6.45, 7) is 0. The van der Waals surface area contributed by atoms with Crippen LogP contribution in [0.2, 0.25) is 0 Å². The maximum absolute atomic E-state index is 4.85. The van der Waals surface area contributed by atoms with Crippen molar-refractivity contribution in [2.45, 2.75) is 0 Å². The van der Waals surface area contributed by atoms with Crippen LogP contribution in [0.4, 0.5) is 0 Å². The van der Waals surface area contributed by atoms with Crippen LogP contribution < -0.4 is 0 Å². The van der Waals surface area contributed by atoms with Crippen LogP contribution in [0.25, 0.3) is 45.2 Å². The Morgan fingerprint density at radius 1 is 0.645 bits per heavy atom. The molecule has 0 aliphatic rings. The number of rotatable bonds is 3. The van der Waals surface area contributed by atoms with Gasteiger partial charge in [-0.05, 0) is 29.8 Å². The molecule has 0 bridgehead atoms. The number of aromatic nitrogens is 5. The first-order valence-electron chi connectivity index (χ1n) is 9.93. The smallest absolute Gasteiger partial charge is 0.257 e. The second-order valence-electron chi connectivity index (χ2n) is 7.29. The predicted molar refractivity (Wildman–Crippen MR) is 126 cm³/mol. The van der Waals surface area contributed by atoms with Gasteiger partial charge in [0, 0.05) is 15.6 Å². The van der Waals surface area contributed by atoms with E-state index in [0.717, 1.165) is 43.9 Å². The van der Waals surface area contributed by atoms with Gasteiger partial charge >= 0.3 is 0 Å². The normalized spacial score (nSPS) is 11.4. The molecule has 3 aromatic heterocycles. The molecule has 148 valence electrons. The molecule has 3 heterocycles. The van der Waals surface area contributed by atoms with Gasteiger partial charge in [-0.3, -0.25) is 4.40 Å². The van der Waals surface area contributed by atoms with Gasteiger partial charge in [0.15, 0.2) is 5.82 Å². The van der Waals surface area contributed by atoms with Gasteiger partial charge in [-0.2, -0.15) is 9.61 Å². The van der Waals surface area contributed by atoms with Crippen molar-refractivity contribution in [1.29, 1.82) is 0 Å². The highest BCUT2D eigenvalue weighted by Gasteiger charge is 2.18. The largest absolute Gasteiger partial charge is 0.259 e. The van der Waals surface area contributed by atoms with E-state index in [1.165, 1.54) is 0 Å². The molecule has 0 aliphatic heterocycles. The van der Waals surface area contributed by atoms with Gasteiger partial charge in [0.25, 0.3) is 5.78 Å². The quantitative estimate of drug-likeness (QED) is 0.315. The Bertz CT molecular complexity index is 1520. The fraction of sp³-hybridized carbons (Fsp3) is 0. The summed E-state index contributed by atoms with van der Waals surface area (Å²) in [5, 5.41) is 13.9. The summed E-state index contributed by atoms with van der Waals surface area (Å²) in [6, 6.07) is 32.8. The second-order valence-corrected chi connectivity index (χ2v) is 8.21. The van der Waals surface area contributed by atoms with Crippen molar-refractivity contribution in [1.82, 2.24) is 24.2 Å². The highest BCUT2D eigenvalue weighted by Crippen LogP contribution is 2.30. The Kier molecular flexibility index (Phi) is 4.18. The summed E-state index contributed by atoms with van der Waals surface area (Å²) in [5.41, 5.74) is 6.03. The Morgan fingerprint density at radius 2 is 1.32 bits per heavy atom. The van der Waals surface area contributed by atoms with Crippen LogP contribution in [0, 0.1) is 0 Å². The summed E-state index contributed by atoms with van der Waals surface area (Å²) in [5.74, 6) is 1.46. The molecule has 0 atom stereocenters. The fourth-order valence-corrected chi connectivity index (χ4v) is 4.12. The number of hydrogen-bond acceptors (Lipinski definition) is 3. The minimum Gasteiger partial charge on any atom is -0.259 e. The molecule has 3 aromatic carbocycles. The summed E-state index contributed by atoms with van der Waals surface area (Å²) in [7, 11) is 0. The van der Waals surface area contributed by atoms with Gasteiger partial charge in [-0.1, -0.05) is 88.7 Å².